The highest BCUT2D eigenvalue weighted by molar-refractivity contribution is 5.69. The minimum absolute atomic E-state index is 0.0192. The summed E-state index contributed by atoms with van der Waals surface area (Å²) < 4.78 is 5.09. The van der Waals surface area contributed by atoms with Gasteiger partial charge < -0.3 is 4.74 Å². The van der Waals surface area contributed by atoms with E-state index in [0.29, 0.717) is 6.54 Å². The van der Waals surface area contributed by atoms with Gasteiger partial charge in [-0.15, -0.1) is 0 Å². The van der Waals surface area contributed by atoms with E-state index in [1.165, 1.54) is 0 Å². The van der Waals surface area contributed by atoms with Crippen LogP contribution in [0.2, 0.25) is 0 Å². The van der Waals surface area contributed by atoms with Gasteiger partial charge in [-0.05, 0) is 12.5 Å². The molecule has 1 heterocycles. The highest BCUT2D eigenvalue weighted by atomic mass is 16.6. The topological polar surface area (TPSA) is 43.4 Å². The average molecular weight is 248 g/mol. The lowest BCUT2D eigenvalue weighted by molar-refractivity contribution is -0.783. The molecule has 1 aromatic carbocycles. The van der Waals surface area contributed by atoms with E-state index in [-0.39, 0.29) is 17.1 Å². The van der Waals surface area contributed by atoms with Crippen LogP contribution in [0.4, 0.5) is 4.79 Å². The minimum Gasteiger partial charge on any atom is -0.415 e. The third-order valence-electron chi connectivity index (χ3n) is 3.67. The maximum absolute atomic E-state index is 12.1. The zero-order valence-electron chi connectivity index (χ0n) is 10.5. The SMILES string of the molecule is C[C@@H]1CCC[N+]1(C=O)C(=O)OCc1ccccc1. The van der Waals surface area contributed by atoms with Crippen LogP contribution in [0.25, 0.3) is 0 Å². The Hall–Kier alpha value is -1.68. The molecular formula is C14H18NO3+. The molecule has 0 spiro atoms. The van der Waals surface area contributed by atoms with Crippen LogP contribution in [0.5, 0.6) is 0 Å². The number of carbonyl (C=O) groups is 2. The van der Waals surface area contributed by atoms with Crippen molar-refractivity contribution in [1.29, 1.82) is 0 Å². The van der Waals surface area contributed by atoms with Crippen molar-refractivity contribution >= 4 is 12.5 Å². The van der Waals surface area contributed by atoms with Gasteiger partial charge in [0.05, 0.1) is 6.54 Å². The van der Waals surface area contributed by atoms with Gasteiger partial charge in [-0.25, -0.2) is 4.79 Å². The summed E-state index contributed by atoms with van der Waals surface area (Å²) in [5.41, 5.74) is 0.932. The molecule has 0 radical (unpaired) electrons. The van der Waals surface area contributed by atoms with Crippen LogP contribution < -0.4 is 0 Å². The second kappa shape index (κ2) is 5.31. The smallest absolute Gasteiger partial charge is 0.415 e. The molecule has 1 saturated heterocycles. The molecule has 0 aromatic heterocycles. The molecule has 0 N–H and O–H groups in total. The number of rotatable bonds is 3. The first-order valence-corrected chi connectivity index (χ1v) is 6.24. The van der Waals surface area contributed by atoms with Crippen molar-refractivity contribution < 1.29 is 18.8 Å². The summed E-state index contributed by atoms with van der Waals surface area (Å²) in [4.78, 5) is 23.4. The van der Waals surface area contributed by atoms with Gasteiger partial charge in [0.1, 0.15) is 12.6 Å². The number of hydrogen-bond donors (Lipinski definition) is 0. The molecule has 0 saturated carbocycles. The largest absolute Gasteiger partial charge is 0.523 e. The number of quaternary nitrogens is 1. The van der Waals surface area contributed by atoms with E-state index >= 15 is 0 Å². The number of amides is 2. The van der Waals surface area contributed by atoms with E-state index in [1.807, 2.05) is 37.3 Å². The highest BCUT2D eigenvalue weighted by Gasteiger charge is 2.48. The summed E-state index contributed by atoms with van der Waals surface area (Å²) in [6, 6.07) is 9.51. The van der Waals surface area contributed by atoms with Gasteiger partial charge in [0.2, 0.25) is 0 Å². The summed E-state index contributed by atoms with van der Waals surface area (Å²) in [5, 5.41) is 0. The Bertz CT molecular complexity index is 432. The monoisotopic (exact) mass is 248 g/mol. The fourth-order valence-electron chi connectivity index (χ4n) is 2.41. The molecule has 2 atom stereocenters. The molecule has 1 aromatic rings. The molecule has 0 bridgehead atoms. The lowest BCUT2D eigenvalue weighted by Gasteiger charge is -2.26. The van der Waals surface area contributed by atoms with Crippen LogP contribution in [0, 0.1) is 0 Å². The molecule has 1 unspecified atom stereocenters. The van der Waals surface area contributed by atoms with Crippen molar-refractivity contribution in [1.82, 2.24) is 0 Å². The number of ether oxygens (including phenoxy) is 1. The second-order valence-electron chi connectivity index (χ2n) is 4.79. The summed E-state index contributed by atoms with van der Waals surface area (Å²) in [5.74, 6) is 0. The Morgan fingerprint density at radius 3 is 2.72 bits per heavy atom. The van der Waals surface area contributed by atoms with Crippen molar-refractivity contribution in [2.45, 2.75) is 32.4 Å². The van der Waals surface area contributed by atoms with Crippen molar-refractivity contribution in [3.8, 4) is 0 Å². The van der Waals surface area contributed by atoms with Crippen molar-refractivity contribution in [3.05, 3.63) is 35.9 Å². The summed E-state index contributed by atoms with van der Waals surface area (Å²) in [6.07, 6.45) is 2.07. The summed E-state index contributed by atoms with van der Waals surface area (Å²) >= 11 is 0. The van der Waals surface area contributed by atoms with Crippen LogP contribution in [-0.2, 0) is 16.1 Å². The van der Waals surface area contributed by atoms with Gasteiger partial charge in [-0.1, -0.05) is 30.3 Å². The van der Waals surface area contributed by atoms with Crippen molar-refractivity contribution in [3.63, 3.8) is 0 Å². The number of imide groups is 1. The maximum atomic E-state index is 12.1. The lowest BCUT2D eigenvalue weighted by atomic mass is 10.2. The molecule has 1 aliphatic heterocycles. The lowest BCUT2D eigenvalue weighted by Crippen LogP contribution is -2.54. The van der Waals surface area contributed by atoms with E-state index in [0.717, 1.165) is 24.8 Å². The van der Waals surface area contributed by atoms with Gasteiger partial charge in [0.25, 0.3) is 0 Å². The van der Waals surface area contributed by atoms with E-state index in [9.17, 15) is 9.59 Å². The fraction of sp³-hybridized carbons (Fsp3) is 0.429. The van der Waals surface area contributed by atoms with Gasteiger partial charge in [0.15, 0.2) is 0 Å². The molecular weight excluding hydrogens is 230 g/mol. The molecule has 2 amide bonds. The molecule has 4 heteroatoms. The highest BCUT2D eigenvalue weighted by Crippen LogP contribution is 2.26. The molecule has 4 nitrogen and oxygen atoms in total. The van der Waals surface area contributed by atoms with Crippen molar-refractivity contribution in [2.75, 3.05) is 6.54 Å². The Balaban J connectivity index is 2.01. The Kier molecular flexibility index (Phi) is 3.77. The quantitative estimate of drug-likeness (QED) is 0.609. The van der Waals surface area contributed by atoms with E-state index in [4.69, 9.17) is 4.74 Å². The Labute approximate surface area is 107 Å². The van der Waals surface area contributed by atoms with Gasteiger partial charge in [0, 0.05) is 12.8 Å². The summed E-state index contributed by atoms with van der Waals surface area (Å²) in [7, 11) is 0. The number of nitrogens with zero attached hydrogens (tertiary/aromatic N) is 1. The molecule has 0 aliphatic carbocycles. The number of hydrogen-bond acceptors (Lipinski definition) is 3. The van der Waals surface area contributed by atoms with Gasteiger partial charge in [-0.2, -0.15) is 9.28 Å². The zero-order chi connectivity index (χ0) is 13.0. The number of benzene rings is 1. The normalized spacial score (nSPS) is 26.8. The van der Waals surface area contributed by atoms with Crippen molar-refractivity contribution in [2.24, 2.45) is 0 Å². The third-order valence-corrected chi connectivity index (χ3v) is 3.67. The second-order valence-corrected chi connectivity index (χ2v) is 4.79. The molecule has 1 aliphatic rings. The van der Waals surface area contributed by atoms with Crippen LogP contribution in [0.1, 0.15) is 25.3 Å². The number of carbonyl (C=O) groups excluding carboxylic acids is 2. The maximum Gasteiger partial charge on any atom is 0.523 e. The predicted octanol–water partition coefficient (Wildman–Crippen LogP) is 2.48. The summed E-state index contributed by atoms with van der Waals surface area (Å²) in [6.45, 7) is 2.70. The van der Waals surface area contributed by atoms with E-state index in [2.05, 4.69) is 0 Å². The molecule has 1 fully saturated rings. The van der Waals surface area contributed by atoms with Crippen LogP contribution in [0.3, 0.4) is 0 Å². The standard InChI is InChI=1S/C14H18NO3/c1-12-6-5-9-15(12,11-16)14(17)18-10-13-7-3-2-4-8-13/h2-4,7-8,11-12H,5-6,9-10H2,1H3/q+1/t12-,15?/m1/s1. The minimum atomic E-state index is -0.432. The van der Waals surface area contributed by atoms with Gasteiger partial charge >= 0.3 is 12.5 Å². The fourth-order valence-corrected chi connectivity index (χ4v) is 2.41. The predicted molar refractivity (Wildman–Crippen MR) is 66.5 cm³/mol. The van der Waals surface area contributed by atoms with Gasteiger partial charge in [-0.3, -0.25) is 0 Å². The Morgan fingerprint density at radius 1 is 1.44 bits per heavy atom. The molecule has 18 heavy (non-hydrogen) atoms. The molecule has 2 rings (SSSR count). The van der Waals surface area contributed by atoms with E-state index in [1.54, 1.807) is 0 Å². The van der Waals surface area contributed by atoms with Crippen LogP contribution >= 0.6 is 0 Å². The van der Waals surface area contributed by atoms with E-state index < -0.39 is 6.09 Å². The third kappa shape index (κ3) is 2.29. The Morgan fingerprint density at radius 2 is 2.17 bits per heavy atom. The first-order valence-electron chi connectivity index (χ1n) is 6.24. The van der Waals surface area contributed by atoms with Crippen LogP contribution in [0.15, 0.2) is 30.3 Å². The average Bonchev–Trinajstić information content (AvgIpc) is 2.79. The first kappa shape index (κ1) is 12.8. The number of likely N-dealkylation sites (tertiary alicyclic amines) is 1. The first-order chi connectivity index (χ1) is 8.69. The zero-order valence-corrected chi connectivity index (χ0v) is 10.5. The van der Waals surface area contributed by atoms with Crippen LogP contribution in [-0.4, -0.2) is 29.6 Å². The molecule has 96 valence electrons.